The van der Waals surface area contributed by atoms with Gasteiger partial charge >= 0.3 is 0 Å². The molecule has 13 nitrogen and oxygen atoms in total. The lowest BCUT2D eigenvalue weighted by Gasteiger charge is -2.35. The summed E-state index contributed by atoms with van der Waals surface area (Å²) in [5.41, 5.74) is 1.37. The number of aliphatic hydroxyl groups excluding tert-OH is 1. The second-order valence-corrected chi connectivity index (χ2v) is 16.5. The lowest BCUT2D eigenvalue weighted by Crippen LogP contribution is -2.48. The summed E-state index contributed by atoms with van der Waals surface area (Å²) in [5.74, 6) is -0.469. The molecule has 3 aromatic rings. The van der Waals surface area contributed by atoms with Crippen molar-refractivity contribution in [1.82, 2.24) is 14.4 Å². The number of aryl methyl sites for hydroxylation is 3. The summed E-state index contributed by atoms with van der Waals surface area (Å²) in [6.07, 6.45) is 1.23. The number of amides is 1. The topological polar surface area (TPSA) is 169 Å². The summed E-state index contributed by atoms with van der Waals surface area (Å²) in [7, 11) is -6.43. The monoisotopic (exact) mass is 720 g/mol. The van der Waals surface area contributed by atoms with Crippen molar-refractivity contribution in [2.75, 3.05) is 38.1 Å². The second-order valence-electron chi connectivity index (χ2n) is 12.9. The van der Waals surface area contributed by atoms with Crippen LogP contribution >= 0.6 is 0 Å². The number of sulfonamides is 2. The molecule has 0 radical (unpaired) electrons. The van der Waals surface area contributed by atoms with E-state index in [2.05, 4.69) is 9.88 Å². The van der Waals surface area contributed by atoms with E-state index in [1.807, 2.05) is 20.8 Å². The molecule has 1 aliphatic rings. The third-order valence-corrected chi connectivity index (χ3v) is 12.2. The molecule has 0 saturated heterocycles. The van der Waals surface area contributed by atoms with E-state index in [0.29, 0.717) is 19.4 Å². The van der Waals surface area contributed by atoms with Crippen molar-refractivity contribution in [2.45, 2.75) is 88.8 Å². The predicted molar refractivity (Wildman–Crippen MR) is 185 cm³/mol. The van der Waals surface area contributed by atoms with Crippen LogP contribution < -0.4 is 9.46 Å². The molecule has 2 N–H and O–H groups in total. The molecule has 0 aliphatic carbocycles. The highest BCUT2D eigenvalue weighted by Gasteiger charge is 2.33. The highest BCUT2D eigenvalue weighted by Crippen LogP contribution is 2.30. The van der Waals surface area contributed by atoms with Crippen LogP contribution in [0.25, 0.3) is 0 Å². The molecule has 1 amide bonds. The van der Waals surface area contributed by atoms with E-state index in [-0.39, 0.29) is 70.0 Å². The number of anilines is 1. The molecule has 0 unspecified atom stereocenters. The molecule has 4 atom stereocenters. The Balaban J connectivity index is 1.69. The number of aromatic nitrogens is 1. The van der Waals surface area contributed by atoms with E-state index in [4.69, 9.17) is 14.0 Å². The van der Waals surface area contributed by atoms with Crippen LogP contribution in [-0.2, 0) is 24.8 Å². The number of likely N-dealkylation sites (N-methyl/N-ethyl adjacent to an activating group) is 1. The van der Waals surface area contributed by atoms with Crippen LogP contribution in [0.3, 0.4) is 0 Å². The first-order valence-corrected chi connectivity index (χ1v) is 19.3. The normalized spacial score (nSPS) is 20.7. The van der Waals surface area contributed by atoms with Gasteiger partial charge in [0.2, 0.25) is 10.0 Å². The van der Waals surface area contributed by atoms with Crippen molar-refractivity contribution in [1.29, 1.82) is 0 Å². The molecular formula is C34H48N4O9S2. The first kappa shape index (κ1) is 38.3. The number of ether oxygens (including phenoxy) is 2. The number of benzene rings is 2. The molecule has 0 spiro atoms. The number of rotatable bonds is 9. The summed E-state index contributed by atoms with van der Waals surface area (Å²) >= 11 is 0. The van der Waals surface area contributed by atoms with Gasteiger partial charge in [-0.2, -0.15) is 4.31 Å². The number of nitrogens with one attached hydrogen (secondary N) is 1. The number of carbonyl (C=O) groups excluding carboxylic acids is 1. The molecule has 270 valence electrons. The lowest BCUT2D eigenvalue weighted by atomic mass is 10.0. The van der Waals surface area contributed by atoms with E-state index in [1.54, 1.807) is 37.3 Å². The maximum absolute atomic E-state index is 14.4. The van der Waals surface area contributed by atoms with Crippen LogP contribution in [-0.4, -0.2) is 93.8 Å². The summed E-state index contributed by atoms with van der Waals surface area (Å²) in [4.78, 5) is 16.0. The van der Waals surface area contributed by atoms with Gasteiger partial charge in [-0.05, 0) is 84.2 Å². The van der Waals surface area contributed by atoms with Crippen LogP contribution in [0.4, 0.5) is 5.69 Å². The van der Waals surface area contributed by atoms with Crippen LogP contribution in [0, 0.1) is 26.7 Å². The van der Waals surface area contributed by atoms with Crippen molar-refractivity contribution in [2.24, 2.45) is 5.92 Å². The third-order valence-electron chi connectivity index (χ3n) is 8.71. The summed E-state index contributed by atoms with van der Waals surface area (Å²) < 4.78 is 75.0. The zero-order valence-electron chi connectivity index (χ0n) is 29.2. The fourth-order valence-electron chi connectivity index (χ4n) is 5.75. The van der Waals surface area contributed by atoms with Crippen molar-refractivity contribution in [3.05, 3.63) is 65.0 Å². The first-order valence-electron chi connectivity index (χ1n) is 16.4. The number of carbonyl (C=O) groups is 1. The van der Waals surface area contributed by atoms with Crippen molar-refractivity contribution in [3.8, 4) is 5.75 Å². The largest absolute Gasteiger partial charge is 0.490 e. The van der Waals surface area contributed by atoms with Crippen molar-refractivity contribution in [3.63, 3.8) is 0 Å². The molecule has 49 heavy (non-hydrogen) atoms. The second kappa shape index (κ2) is 16.0. The van der Waals surface area contributed by atoms with Gasteiger partial charge in [0, 0.05) is 38.3 Å². The van der Waals surface area contributed by atoms with Crippen LogP contribution in [0.2, 0.25) is 0 Å². The van der Waals surface area contributed by atoms with Gasteiger partial charge in [0.1, 0.15) is 11.4 Å². The standard InChI is InChI=1S/C34H48N4O9S2/c1-22-11-14-29(15-12-22)49(43,44)37(7)20-32-23(2)19-38(24(3)21-39)34(40)30-18-28(36-48(41,42)33-26(5)35-47-27(33)6)13-16-31(30)46-25(4)10-8-9-17-45-32/h11-16,18,23-25,32,36,39H,8-10,17,19-21H2,1-7H3/t23-,24-,25-,32-/m0/s1. The Hall–Kier alpha value is -3.50. The van der Waals surface area contributed by atoms with Crippen LogP contribution in [0.1, 0.15) is 67.4 Å². The number of fused-ring (bicyclic) bond motifs is 1. The summed E-state index contributed by atoms with van der Waals surface area (Å²) in [5, 5.41) is 14.0. The highest BCUT2D eigenvalue weighted by molar-refractivity contribution is 7.92. The zero-order chi connectivity index (χ0) is 36.1. The third kappa shape index (κ3) is 9.19. The molecule has 0 saturated carbocycles. The van der Waals surface area contributed by atoms with Gasteiger partial charge < -0.3 is 24.0 Å². The van der Waals surface area contributed by atoms with E-state index < -0.39 is 38.1 Å². The average molecular weight is 721 g/mol. The molecule has 2 heterocycles. The van der Waals surface area contributed by atoms with Gasteiger partial charge in [-0.1, -0.05) is 29.8 Å². The summed E-state index contributed by atoms with van der Waals surface area (Å²) in [6.45, 7) is 10.5. The molecule has 4 rings (SSSR count). The van der Waals surface area contributed by atoms with E-state index in [0.717, 1.165) is 12.0 Å². The SMILES string of the molecule is Cc1ccc(S(=O)(=O)N(C)C[C@@H]2OCCCC[C@H](C)Oc3ccc(NS(=O)(=O)c4c(C)noc4C)cc3C(=O)N([C@@H](C)CO)C[C@@H]2C)cc1. The molecule has 1 aliphatic heterocycles. The molecule has 0 bridgehead atoms. The van der Waals surface area contributed by atoms with Gasteiger partial charge in [0.25, 0.3) is 15.9 Å². The maximum atomic E-state index is 14.4. The van der Waals surface area contributed by atoms with E-state index in [1.165, 1.54) is 42.2 Å². The fraction of sp³-hybridized carbons (Fsp3) is 0.529. The number of aliphatic hydroxyl groups is 1. The Morgan fingerprint density at radius 2 is 1.76 bits per heavy atom. The maximum Gasteiger partial charge on any atom is 0.267 e. The Bertz CT molecular complexity index is 1790. The molecule has 2 aromatic carbocycles. The Kier molecular flexibility index (Phi) is 12.5. The van der Waals surface area contributed by atoms with Crippen LogP contribution in [0.5, 0.6) is 5.75 Å². The highest BCUT2D eigenvalue weighted by atomic mass is 32.2. The summed E-state index contributed by atoms with van der Waals surface area (Å²) in [6, 6.07) is 10.5. The molecule has 15 heteroatoms. The molecule has 0 fully saturated rings. The zero-order valence-corrected chi connectivity index (χ0v) is 30.8. The molecule has 1 aromatic heterocycles. The lowest BCUT2D eigenvalue weighted by molar-refractivity contribution is -0.00833. The van der Waals surface area contributed by atoms with Gasteiger partial charge in [-0.25, -0.2) is 16.8 Å². The fourth-order valence-corrected chi connectivity index (χ4v) is 8.32. The quantitative estimate of drug-likeness (QED) is 0.321. The minimum atomic E-state index is -4.11. The van der Waals surface area contributed by atoms with Crippen molar-refractivity contribution >= 4 is 31.6 Å². The van der Waals surface area contributed by atoms with E-state index >= 15 is 0 Å². The van der Waals surface area contributed by atoms with Gasteiger partial charge in [-0.3, -0.25) is 9.52 Å². The number of hydrogen-bond donors (Lipinski definition) is 2. The van der Waals surface area contributed by atoms with Gasteiger partial charge in [0.15, 0.2) is 10.7 Å². The van der Waals surface area contributed by atoms with E-state index in [9.17, 15) is 26.7 Å². The Morgan fingerprint density at radius 1 is 1.06 bits per heavy atom. The minimum Gasteiger partial charge on any atom is -0.490 e. The average Bonchev–Trinajstić information content (AvgIpc) is 3.40. The van der Waals surface area contributed by atoms with Crippen molar-refractivity contribution < 1.29 is 40.7 Å². The Labute approximate surface area is 289 Å². The van der Waals surface area contributed by atoms with Crippen LogP contribution in [0.15, 0.2) is 56.8 Å². The smallest absolute Gasteiger partial charge is 0.267 e. The van der Waals surface area contributed by atoms with Gasteiger partial charge in [-0.15, -0.1) is 0 Å². The number of nitrogens with zero attached hydrogens (tertiary/aromatic N) is 3. The minimum absolute atomic E-state index is 0.0383. The first-order chi connectivity index (χ1) is 23.0. The van der Waals surface area contributed by atoms with Gasteiger partial charge in [0.05, 0.1) is 35.3 Å². The Morgan fingerprint density at radius 3 is 2.39 bits per heavy atom. The number of hydrogen-bond acceptors (Lipinski definition) is 10. The molecular weight excluding hydrogens is 673 g/mol. The predicted octanol–water partition coefficient (Wildman–Crippen LogP) is 4.52.